The number of carboxylic acids is 1. The molecular weight excluding hydrogens is 164 g/mol. The van der Waals surface area contributed by atoms with E-state index < -0.39 is 17.7 Å². The van der Waals surface area contributed by atoms with Crippen LogP contribution in [0.5, 0.6) is 0 Å². The van der Waals surface area contributed by atoms with Crippen LogP contribution in [0.15, 0.2) is 12.3 Å². The molecule has 0 bridgehead atoms. The topological polar surface area (TPSA) is 89.9 Å². The Balaban J connectivity index is 3.05. The van der Waals surface area contributed by atoms with Gasteiger partial charge in [-0.2, -0.15) is 0 Å². The van der Waals surface area contributed by atoms with Gasteiger partial charge in [-0.25, -0.2) is 9.59 Å². The molecule has 1 saturated heterocycles. The van der Waals surface area contributed by atoms with Crippen LogP contribution < -0.4 is 5.32 Å². The minimum Gasteiger partial charge on any atom is -0.477 e. The Hall–Kier alpha value is -1.56. The van der Waals surface area contributed by atoms with Gasteiger partial charge in [0.25, 0.3) is 5.72 Å². The standard InChI is InChI=1S/C6H8N2O4/c1-3-6(12,4(9)10)7-5(11)8(3)2/h12H,1H2,2H3,(H,7,11)(H,9,10). The molecule has 1 atom stereocenters. The number of likely N-dealkylation sites (N-methyl/N-ethyl adjacent to an activating group) is 1. The predicted octanol–water partition coefficient (Wildman–Crippen LogP) is -1.07. The average molecular weight is 172 g/mol. The van der Waals surface area contributed by atoms with Crippen LogP contribution >= 0.6 is 0 Å². The molecule has 1 heterocycles. The van der Waals surface area contributed by atoms with E-state index in [2.05, 4.69) is 6.58 Å². The average Bonchev–Trinajstić information content (AvgIpc) is 2.17. The number of nitrogens with one attached hydrogen (secondary N) is 1. The maximum absolute atomic E-state index is 10.8. The van der Waals surface area contributed by atoms with Gasteiger partial charge in [0.05, 0.1) is 5.70 Å². The Bertz CT molecular complexity index is 273. The van der Waals surface area contributed by atoms with Crippen LogP contribution in [0.25, 0.3) is 0 Å². The third-order valence-corrected chi connectivity index (χ3v) is 1.72. The van der Waals surface area contributed by atoms with Crippen molar-refractivity contribution in [1.82, 2.24) is 10.2 Å². The summed E-state index contributed by atoms with van der Waals surface area (Å²) in [4.78, 5) is 22.2. The van der Waals surface area contributed by atoms with Crippen LogP contribution in [-0.4, -0.2) is 39.9 Å². The molecule has 66 valence electrons. The van der Waals surface area contributed by atoms with Gasteiger partial charge in [-0.05, 0) is 0 Å². The second-order valence-electron chi connectivity index (χ2n) is 2.45. The molecule has 0 radical (unpaired) electrons. The zero-order valence-corrected chi connectivity index (χ0v) is 6.37. The number of hydrogen-bond acceptors (Lipinski definition) is 3. The fourth-order valence-corrected chi connectivity index (χ4v) is 0.853. The number of carbonyl (C=O) groups is 2. The van der Waals surface area contributed by atoms with E-state index in [-0.39, 0.29) is 5.70 Å². The van der Waals surface area contributed by atoms with E-state index in [1.54, 1.807) is 0 Å². The molecule has 1 aliphatic rings. The van der Waals surface area contributed by atoms with Gasteiger partial charge >= 0.3 is 12.0 Å². The summed E-state index contributed by atoms with van der Waals surface area (Å²) < 4.78 is 0. The van der Waals surface area contributed by atoms with Gasteiger partial charge < -0.3 is 10.2 Å². The van der Waals surface area contributed by atoms with Crippen molar-refractivity contribution in [2.75, 3.05) is 7.05 Å². The Kier molecular flexibility index (Phi) is 1.57. The number of aliphatic carboxylic acids is 1. The second kappa shape index (κ2) is 2.21. The molecule has 1 fully saturated rings. The molecule has 0 aliphatic carbocycles. The molecule has 6 heteroatoms. The lowest BCUT2D eigenvalue weighted by molar-refractivity contribution is -0.155. The van der Waals surface area contributed by atoms with Crippen LogP contribution in [0, 0.1) is 0 Å². The van der Waals surface area contributed by atoms with Gasteiger partial charge in [0, 0.05) is 7.05 Å². The van der Waals surface area contributed by atoms with E-state index in [0.29, 0.717) is 0 Å². The first-order chi connectivity index (χ1) is 5.39. The summed E-state index contributed by atoms with van der Waals surface area (Å²) in [6.45, 7) is 3.27. The summed E-state index contributed by atoms with van der Waals surface area (Å²) in [5.74, 6) is -1.55. The summed E-state index contributed by atoms with van der Waals surface area (Å²) in [6, 6.07) is -0.690. The van der Waals surface area contributed by atoms with Gasteiger partial charge in [0.2, 0.25) is 0 Å². The first-order valence-corrected chi connectivity index (χ1v) is 3.10. The molecule has 6 nitrogen and oxygen atoms in total. The van der Waals surface area contributed by atoms with Crippen molar-refractivity contribution in [2.45, 2.75) is 5.72 Å². The molecule has 1 rings (SSSR count). The normalized spacial score (nSPS) is 29.0. The SMILES string of the molecule is C=C1N(C)C(=O)NC1(O)C(=O)O. The van der Waals surface area contributed by atoms with E-state index in [4.69, 9.17) is 5.11 Å². The van der Waals surface area contributed by atoms with Gasteiger partial charge in [0.15, 0.2) is 0 Å². The van der Waals surface area contributed by atoms with Crippen molar-refractivity contribution in [2.24, 2.45) is 0 Å². The zero-order valence-electron chi connectivity index (χ0n) is 6.37. The second-order valence-corrected chi connectivity index (χ2v) is 2.45. The first-order valence-electron chi connectivity index (χ1n) is 3.10. The molecule has 0 aromatic carbocycles. The quantitative estimate of drug-likeness (QED) is 0.469. The lowest BCUT2D eigenvalue weighted by Crippen LogP contribution is -2.49. The molecule has 0 aromatic rings. The third-order valence-electron chi connectivity index (χ3n) is 1.72. The van der Waals surface area contributed by atoms with Crippen LogP contribution in [0.4, 0.5) is 4.79 Å². The number of urea groups is 1. The van der Waals surface area contributed by atoms with Crippen LogP contribution in [-0.2, 0) is 4.79 Å². The minimum absolute atomic E-state index is 0.194. The van der Waals surface area contributed by atoms with Crippen molar-refractivity contribution < 1.29 is 19.8 Å². The minimum atomic E-state index is -2.36. The lowest BCUT2D eigenvalue weighted by atomic mass is 10.2. The van der Waals surface area contributed by atoms with Gasteiger partial charge in [-0.15, -0.1) is 0 Å². The molecule has 0 spiro atoms. The predicted molar refractivity (Wildman–Crippen MR) is 38.0 cm³/mol. The van der Waals surface area contributed by atoms with Crippen molar-refractivity contribution in [3.05, 3.63) is 12.3 Å². The first kappa shape index (κ1) is 8.54. The Labute approximate surface area is 68.1 Å². The Morgan fingerprint density at radius 3 is 2.42 bits per heavy atom. The highest BCUT2D eigenvalue weighted by Crippen LogP contribution is 2.22. The molecule has 0 aromatic heterocycles. The highest BCUT2D eigenvalue weighted by molar-refractivity contribution is 5.93. The van der Waals surface area contributed by atoms with Gasteiger partial charge in [0.1, 0.15) is 0 Å². The van der Waals surface area contributed by atoms with Gasteiger partial charge in [-0.3, -0.25) is 10.2 Å². The number of aliphatic hydroxyl groups is 1. The summed E-state index contributed by atoms with van der Waals surface area (Å²) in [5.41, 5.74) is -2.55. The van der Waals surface area contributed by atoms with E-state index in [0.717, 1.165) is 4.90 Å². The van der Waals surface area contributed by atoms with Crippen molar-refractivity contribution in [3.63, 3.8) is 0 Å². The number of nitrogens with zero attached hydrogens (tertiary/aromatic N) is 1. The van der Waals surface area contributed by atoms with Gasteiger partial charge in [-0.1, -0.05) is 6.58 Å². The number of amides is 2. The number of rotatable bonds is 1. The summed E-state index contributed by atoms with van der Waals surface area (Å²) in [5, 5.41) is 19.7. The summed E-state index contributed by atoms with van der Waals surface area (Å²) in [6.07, 6.45) is 0. The number of hydrogen-bond donors (Lipinski definition) is 3. The molecule has 12 heavy (non-hydrogen) atoms. The molecule has 1 unspecified atom stereocenters. The third kappa shape index (κ3) is 0.850. The Morgan fingerprint density at radius 2 is 2.25 bits per heavy atom. The largest absolute Gasteiger partial charge is 0.477 e. The molecular formula is C6H8N2O4. The van der Waals surface area contributed by atoms with Crippen LogP contribution in [0.3, 0.4) is 0 Å². The smallest absolute Gasteiger partial charge is 0.363 e. The monoisotopic (exact) mass is 172 g/mol. The van der Waals surface area contributed by atoms with Crippen molar-refractivity contribution >= 4 is 12.0 Å². The van der Waals surface area contributed by atoms with E-state index in [1.165, 1.54) is 7.05 Å². The highest BCUT2D eigenvalue weighted by Gasteiger charge is 2.49. The van der Waals surface area contributed by atoms with Crippen LogP contribution in [0.2, 0.25) is 0 Å². The van der Waals surface area contributed by atoms with Crippen molar-refractivity contribution in [1.29, 1.82) is 0 Å². The van der Waals surface area contributed by atoms with E-state index >= 15 is 0 Å². The number of carboxylic acid groups (broad SMARTS) is 1. The lowest BCUT2D eigenvalue weighted by Gasteiger charge is -2.17. The maximum Gasteiger partial charge on any atom is 0.363 e. The summed E-state index contributed by atoms with van der Waals surface area (Å²) in [7, 11) is 1.32. The van der Waals surface area contributed by atoms with E-state index in [9.17, 15) is 14.7 Å². The summed E-state index contributed by atoms with van der Waals surface area (Å²) >= 11 is 0. The fraction of sp³-hybridized carbons (Fsp3) is 0.333. The van der Waals surface area contributed by atoms with E-state index in [1.807, 2.05) is 5.32 Å². The fourth-order valence-electron chi connectivity index (χ4n) is 0.853. The molecule has 2 amide bonds. The molecule has 1 aliphatic heterocycles. The maximum atomic E-state index is 10.8. The van der Waals surface area contributed by atoms with Crippen LogP contribution in [0.1, 0.15) is 0 Å². The zero-order chi connectivity index (χ0) is 9.52. The number of carbonyl (C=O) groups excluding carboxylic acids is 1. The molecule has 3 N–H and O–H groups in total. The highest BCUT2D eigenvalue weighted by atomic mass is 16.4. The molecule has 0 saturated carbocycles. The Morgan fingerprint density at radius 1 is 1.75 bits per heavy atom. The van der Waals surface area contributed by atoms with Crippen molar-refractivity contribution in [3.8, 4) is 0 Å².